The van der Waals surface area contributed by atoms with Crippen LogP contribution in [-0.4, -0.2) is 33.2 Å². The van der Waals surface area contributed by atoms with Gasteiger partial charge in [0.05, 0.1) is 0 Å². The minimum absolute atomic E-state index is 0. The summed E-state index contributed by atoms with van der Waals surface area (Å²) in [7, 11) is 0. The normalized spacial score (nSPS) is 18.8. The zero-order valence-electron chi connectivity index (χ0n) is 23.1. The monoisotopic (exact) mass is 565 g/mol. The van der Waals surface area contributed by atoms with Crippen LogP contribution in [0.1, 0.15) is 154 Å². The fourth-order valence-corrected chi connectivity index (χ4v) is 6.05. The first kappa shape index (κ1) is 35.9. The van der Waals surface area contributed by atoms with Crippen LogP contribution in [-0.2, 0) is 31.5 Å². The second-order valence-corrected chi connectivity index (χ2v) is 11.4. The molecule has 0 unspecified atom stereocenters. The molecule has 0 saturated heterocycles. The van der Waals surface area contributed by atoms with E-state index in [1.807, 2.05) is 0 Å². The summed E-state index contributed by atoms with van der Waals surface area (Å²) < 4.78 is 0. The van der Waals surface area contributed by atoms with Gasteiger partial charge in [0, 0.05) is 36.3 Å². The van der Waals surface area contributed by atoms with Crippen molar-refractivity contribution >= 4 is 17.9 Å². The molecule has 0 aromatic carbocycles. The molecular formula is C30H54MnO6. The minimum atomic E-state index is -0.647. The maximum atomic E-state index is 10.2. The number of carboxylic acids is 3. The van der Waals surface area contributed by atoms with Gasteiger partial charge in [-0.1, -0.05) is 96.3 Å². The van der Waals surface area contributed by atoms with Gasteiger partial charge in [0.25, 0.3) is 0 Å². The molecule has 1 radical (unpaired) electrons. The smallest absolute Gasteiger partial charge is 0.303 e. The molecule has 3 rings (SSSR count). The Hall–Kier alpha value is -1.07. The first-order valence-electron chi connectivity index (χ1n) is 15.0. The Morgan fingerprint density at radius 1 is 0.432 bits per heavy atom. The molecule has 3 saturated carbocycles. The van der Waals surface area contributed by atoms with Crippen molar-refractivity contribution < 1.29 is 46.8 Å². The van der Waals surface area contributed by atoms with Gasteiger partial charge in [0.1, 0.15) is 0 Å². The molecule has 0 aromatic rings. The Morgan fingerprint density at radius 3 is 0.838 bits per heavy atom. The van der Waals surface area contributed by atoms with Crippen LogP contribution >= 0.6 is 0 Å². The molecule has 0 bridgehead atoms. The fraction of sp³-hybridized carbons (Fsp3) is 0.900. The molecule has 3 N–H and O–H groups in total. The van der Waals surface area contributed by atoms with Gasteiger partial charge >= 0.3 is 17.9 Å². The van der Waals surface area contributed by atoms with Crippen LogP contribution in [0.4, 0.5) is 0 Å². The second-order valence-electron chi connectivity index (χ2n) is 11.4. The topological polar surface area (TPSA) is 112 Å². The quantitative estimate of drug-likeness (QED) is 0.205. The van der Waals surface area contributed by atoms with Crippen LogP contribution in [0.3, 0.4) is 0 Å². The molecule has 0 heterocycles. The van der Waals surface area contributed by atoms with Gasteiger partial charge < -0.3 is 15.3 Å². The van der Waals surface area contributed by atoms with Gasteiger partial charge in [-0.05, 0) is 56.3 Å². The van der Waals surface area contributed by atoms with Crippen molar-refractivity contribution in [1.29, 1.82) is 0 Å². The van der Waals surface area contributed by atoms with Crippen LogP contribution in [0, 0.1) is 17.8 Å². The number of aliphatic carboxylic acids is 3. The van der Waals surface area contributed by atoms with Crippen molar-refractivity contribution in [2.45, 2.75) is 154 Å². The summed E-state index contributed by atoms with van der Waals surface area (Å²) in [5, 5.41) is 25.3. The van der Waals surface area contributed by atoms with Gasteiger partial charge in [-0.25, -0.2) is 0 Å². The van der Waals surface area contributed by atoms with Gasteiger partial charge in [-0.2, -0.15) is 0 Å². The molecule has 217 valence electrons. The van der Waals surface area contributed by atoms with Crippen molar-refractivity contribution in [3.63, 3.8) is 0 Å². The first-order chi connectivity index (χ1) is 17.4. The van der Waals surface area contributed by atoms with Crippen LogP contribution in [0.5, 0.6) is 0 Å². The number of hydrogen-bond acceptors (Lipinski definition) is 3. The van der Waals surface area contributed by atoms with Crippen molar-refractivity contribution in [2.75, 3.05) is 0 Å². The molecule has 0 atom stereocenters. The molecule has 3 aliphatic rings. The summed E-state index contributed by atoms with van der Waals surface area (Å²) in [4.78, 5) is 30.7. The van der Waals surface area contributed by atoms with E-state index >= 15 is 0 Å². The van der Waals surface area contributed by atoms with Crippen LogP contribution in [0.15, 0.2) is 0 Å². The van der Waals surface area contributed by atoms with Crippen molar-refractivity contribution in [2.24, 2.45) is 17.8 Å². The number of rotatable bonds is 12. The predicted molar refractivity (Wildman–Crippen MR) is 144 cm³/mol. The summed E-state index contributed by atoms with van der Waals surface area (Å²) >= 11 is 0. The Balaban J connectivity index is 0.000000518. The first-order valence-corrected chi connectivity index (χ1v) is 15.0. The molecule has 0 spiro atoms. The summed E-state index contributed by atoms with van der Waals surface area (Å²) in [6, 6.07) is 0. The molecule has 0 aliphatic heterocycles. The molecule has 0 aromatic heterocycles. The fourth-order valence-electron chi connectivity index (χ4n) is 6.05. The van der Waals surface area contributed by atoms with E-state index in [0.717, 1.165) is 56.3 Å². The number of carbonyl (C=O) groups is 3. The van der Waals surface area contributed by atoms with E-state index in [1.54, 1.807) is 0 Å². The maximum absolute atomic E-state index is 10.2. The molecule has 7 heteroatoms. The third-order valence-corrected chi connectivity index (χ3v) is 8.18. The minimum Gasteiger partial charge on any atom is -0.481 e. The van der Waals surface area contributed by atoms with Crippen LogP contribution in [0.2, 0.25) is 0 Å². The van der Waals surface area contributed by atoms with Crippen molar-refractivity contribution in [3.05, 3.63) is 0 Å². The molecule has 0 amide bonds. The van der Waals surface area contributed by atoms with E-state index in [1.165, 1.54) is 96.3 Å². The summed E-state index contributed by atoms with van der Waals surface area (Å²) in [6.45, 7) is 0. The molecule has 3 fully saturated rings. The van der Waals surface area contributed by atoms with Crippen molar-refractivity contribution in [3.8, 4) is 0 Å². The zero-order chi connectivity index (χ0) is 26.4. The Bertz CT molecular complexity index is 498. The van der Waals surface area contributed by atoms with E-state index in [9.17, 15) is 14.4 Å². The SMILES string of the molecule is O=C(O)CCCC1CCCCC1.O=C(O)CCCC1CCCCC1.O=C(O)CCCC1CCCCC1.[Mn]. The molecule has 3 aliphatic carbocycles. The van der Waals surface area contributed by atoms with Crippen LogP contribution < -0.4 is 0 Å². The van der Waals surface area contributed by atoms with Crippen LogP contribution in [0.25, 0.3) is 0 Å². The third kappa shape index (κ3) is 22.6. The largest absolute Gasteiger partial charge is 0.481 e. The van der Waals surface area contributed by atoms with Crippen molar-refractivity contribution in [1.82, 2.24) is 0 Å². The standard InChI is InChI=1S/3C10H18O2.Mn/c3*11-10(12)8-4-7-9-5-2-1-3-6-9;/h3*9H,1-8H2,(H,11,12);. The van der Waals surface area contributed by atoms with Gasteiger partial charge in [-0.3, -0.25) is 14.4 Å². The predicted octanol–water partition coefficient (Wildman–Crippen LogP) is 8.46. The third-order valence-electron chi connectivity index (χ3n) is 8.18. The summed E-state index contributed by atoms with van der Waals surface area (Å²) in [6.07, 6.45) is 27.4. The number of hydrogen-bond donors (Lipinski definition) is 3. The van der Waals surface area contributed by atoms with Gasteiger partial charge in [0.2, 0.25) is 0 Å². The van der Waals surface area contributed by atoms with Gasteiger partial charge in [0.15, 0.2) is 0 Å². The summed E-state index contributed by atoms with van der Waals surface area (Å²) in [5.74, 6) is 0.553. The Kier molecular flexibility index (Phi) is 23.3. The second kappa shape index (κ2) is 24.0. The maximum Gasteiger partial charge on any atom is 0.303 e. The Labute approximate surface area is 236 Å². The Morgan fingerprint density at radius 2 is 0.649 bits per heavy atom. The van der Waals surface area contributed by atoms with E-state index in [2.05, 4.69) is 0 Å². The van der Waals surface area contributed by atoms with E-state index in [4.69, 9.17) is 15.3 Å². The average molecular weight is 566 g/mol. The van der Waals surface area contributed by atoms with E-state index in [0.29, 0.717) is 19.3 Å². The number of carboxylic acid groups (broad SMARTS) is 3. The molecular weight excluding hydrogens is 511 g/mol. The van der Waals surface area contributed by atoms with E-state index < -0.39 is 17.9 Å². The zero-order valence-corrected chi connectivity index (χ0v) is 24.3. The summed E-state index contributed by atoms with van der Waals surface area (Å²) in [5.41, 5.74) is 0. The molecule has 37 heavy (non-hydrogen) atoms. The van der Waals surface area contributed by atoms with Gasteiger partial charge in [-0.15, -0.1) is 0 Å². The molecule has 6 nitrogen and oxygen atoms in total. The average Bonchev–Trinajstić information content (AvgIpc) is 2.86. The van der Waals surface area contributed by atoms with E-state index in [-0.39, 0.29) is 17.1 Å².